The van der Waals surface area contributed by atoms with Gasteiger partial charge in [-0.05, 0) is 42.3 Å². The van der Waals surface area contributed by atoms with Gasteiger partial charge in [0.05, 0.1) is 6.61 Å². The highest BCUT2D eigenvalue weighted by atomic mass is 35.5. The molecule has 0 aliphatic carbocycles. The Morgan fingerprint density at radius 1 is 1.25 bits per heavy atom. The predicted octanol–water partition coefficient (Wildman–Crippen LogP) is 3.78. The van der Waals surface area contributed by atoms with E-state index in [1.54, 1.807) is 0 Å². The van der Waals surface area contributed by atoms with Crippen LogP contribution in [0.3, 0.4) is 0 Å². The van der Waals surface area contributed by atoms with Crippen LogP contribution in [0, 0.1) is 0 Å². The first-order chi connectivity index (χ1) is 9.78. The van der Waals surface area contributed by atoms with Crippen molar-refractivity contribution in [2.75, 3.05) is 13.7 Å². The molecule has 1 aliphatic rings. The van der Waals surface area contributed by atoms with Crippen LogP contribution in [0.25, 0.3) is 0 Å². The van der Waals surface area contributed by atoms with Crippen LogP contribution < -0.4 is 10.1 Å². The highest BCUT2D eigenvalue weighted by Gasteiger charge is 2.17. The van der Waals surface area contributed by atoms with Crippen LogP contribution in [0.15, 0.2) is 42.5 Å². The standard InChI is InChI=1S/C17H18ClNO/c1-19-16(11-12-4-2-3-5-15(12)18)13-6-7-17-14(10-13)8-9-20-17/h2-7,10,16,19H,8-9,11H2,1H3. The lowest BCUT2D eigenvalue weighted by molar-refractivity contribution is 0.356. The summed E-state index contributed by atoms with van der Waals surface area (Å²) in [6.45, 7) is 0.799. The SMILES string of the molecule is CNC(Cc1ccccc1Cl)c1ccc2c(c1)CCO2. The highest BCUT2D eigenvalue weighted by Crippen LogP contribution is 2.30. The fourth-order valence-electron chi connectivity index (χ4n) is 2.69. The van der Waals surface area contributed by atoms with Crippen molar-refractivity contribution in [2.24, 2.45) is 0 Å². The number of hydrogen-bond donors (Lipinski definition) is 1. The van der Waals surface area contributed by atoms with E-state index in [2.05, 4.69) is 29.6 Å². The lowest BCUT2D eigenvalue weighted by Crippen LogP contribution is -2.19. The van der Waals surface area contributed by atoms with E-state index in [0.29, 0.717) is 0 Å². The Hall–Kier alpha value is -1.51. The zero-order valence-corrected chi connectivity index (χ0v) is 12.3. The largest absolute Gasteiger partial charge is 0.493 e. The molecule has 20 heavy (non-hydrogen) atoms. The first-order valence-electron chi connectivity index (χ1n) is 6.94. The van der Waals surface area contributed by atoms with Gasteiger partial charge in [-0.2, -0.15) is 0 Å². The summed E-state index contributed by atoms with van der Waals surface area (Å²) >= 11 is 6.26. The van der Waals surface area contributed by atoms with E-state index in [1.807, 2.05) is 25.2 Å². The quantitative estimate of drug-likeness (QED) is 0.924. The second-order valence-electron chi connectivity index (χ2n) is 5.10. The van der Waals surface area contributed by atoms with Gasteiger partial charge in [0.2, 0.25) is 0 Å². The number of ether oxygens (including phenoxy) is 1. The Morgan fingerprint density at radius 3 is 2.90 bits per heavy atom. The highest BCUT2D eigenvalue weighted by molar-refractivity contribution is 6.31. The summed E-state index contributed by atoms with van der Waals surface area (Å²) in [6.07, 6.45) is 1.89. The van der Waals surface area contributed by atoms with Crippen LogP contribution in [0.4, 0.5) is 0 Å². The zero-order chi connectivity index (χ0) is 13.9. The Bertz CT molecular complexity index is 612. The van der Waals surface area contributed by atoms with Crippen molar-refractivity contribution < 1.29 is 4.74 Å². The lowest BCUT2D eigenvalue weighted by atomic mass is 9.97. The summed E-state index contributed by atoms with van der Waals surface area (Å²) in [5.41, 5.74) is 3.77. The summed E-state index contributed by atoms with van der Waals surface area (Å²) < 4.78 is 5.56. The normalized spacial score (nSPS) is 14.7. The average Bonchev–Trinajstić information content (AvgIpc) is 2.94. The third-order valence-electron chi connectivity index (χ3n) is 3.85. The molecule has 1 unspecified atom stereocenters. The van der Waals surface area contributed by atoms with Crippen molar-refractivity contribution >= 4 is 11.6 Å². The summed E-state index contributed by atoms with van der Waals surface area (Å²) in [6, 6.07) is 14.8. The van der Waals surface area contributed by atoms with Gasteiger partial charge in [0, 0.05) is 17.5 Å². The molecule has 0 radical (unpaired) electrons. The number of likely N-dealkylation sites (N-methyl/N-ethyl adjacent to an activating group) is 1. The molecule has 1 N–H and O–H groups in total. The van der Waals surface area contributed by atoms with Crippen LogP contribution in [0.2, 0.25) is 5.02 Å². The minimum absolute atomic E-state index is 0.265. The van der Waals surface area contributed by atoms with Gasteiger partial charge in [-0.15, -0.1) is 0 Å². The Balaban J connectivity index is 1.85. The minimum atomic E-state index is 0.265. The van der Waals surface area contributed by atoms with Gasteiger partial charge in [0.15, 0.2) is 0 Å². The van der Waals surface area contributed by atoms with E-state index in [0.717, 1.165) is 30.2 Å². The van der Waals surface area contributed by atoms with Crippen molar-refractivity contribution in [3.63, 3.8) is 0 Å². The van der Waals surface area contributed by atoms with Gasteiger partial charge in [-0.3, -0.25) is 0 Å². The van der Waals surface area contributed by atoms with Crippen molar-refractivity contribution in [1.82, 2.24) is 5.32 Å². The Morgan fingerprint density at radius 2 is 2.10 bits per heavy atom. The van der Waals surface area contributed by atoms with Gasteiger partial charge >= 0.3 is 0 Å². The first kappa shape index (κ1) is 13.5. The van der Waals surface area contributed by atoms with Gasteiger partial charge in [0.25, 0.3) is 0 Å². The predicted molar refractivity (Wildman–Crippen MR) is 82.6 cm³/mol. The third-order valence-corrected chi connectivity index (χ3v) is 4.21. The maximum absolute atomic E-state index is 6.26. The number of hydrogen-bond acceptors (Lipinski definition) is 2. The van der Waals surface area contributed by atoms with Gasteiger partial charge in [-0.25, -0.2) is 0 Å². The molecule has 3 heteroatoms. The molecule has 1 aliphatic heterocycles. The van der Waals surface area contributed by atoms with Crippen molar-refractivity contribution in [1.29, 1.82) is 0 Å². The number of fused-ring (bicyclic) bond motifs is 1. The van der Waals surface area contributed by atoms with Crippen LogP contribution >= 0.6 is 11.6 Å². The minimum Gasteiger partial charge on any atom is -0.493 e. The summed E-state index contributed by atoms with van der Waals surface area (Å²) in [7, 11) is 1.99. The molecule has 0 saturated heterocycles. The summed E-state index contributed by atoms with van der Waals surface area (Å²) in [5, 5.41) is 4.22. The van der Waals surface area contributed by atoms with Gasteiger partial charge in [0.1, 0.15) is 5.75 Å². The fourth-order valence-corrected chi connectivity index (χ4v) is 2.91. The Kier molecular flexibility index (Phi) is 3.95. The second kappa shape index (κ2) is 5.86. The van der Waals surface area contributed by atoms with E-state index >= 15 is 0 Å². The fraction of sp³-hybridized carbons (Fsp3) is 0.294. The molecule has 2 aromatic carbocycles. The summed E-state index contributed by atoms with van der Waals surface area (Å²) in [4.78, 5) is 0. The second-order valence-corrected chi connectivity index (χ2v) is 5.51. The maximum atomic E-state index is 6.26. The smallest absolute Gasteiger partial charge is 0.122 e. The number of nitrogens with one attached hydrogen (secondary N) is 1. The van der Waals surface area contributed by atoms with E-state index in [4.69, 9.17) is 16.3 Å². The molecule has 1 atom stereocenters. The molecule has 2 nitrogen and oxygen atoms in total. The third kappa shape index (κ3) is 2.67. The van der Waals surface area contributed by atoms with E-state index < -0.39 is 0 Å². The monoisotopic (exact) mass is 287 g/mol. The number of halogens is 1. The number of benzene rings is 2. The molecule has 0 bridgehead atoms. The van der Waals surface area contributed by atoms with E-state index in [9.17, 15) is 0 Å². The summed E-state index contributed by atoms with van der Waals surface area (Å²) in [5.74, 6) is 1.03. The van der Waals surface area contributed by atoms with Crippen LogP contribution in [-0.2, 0) is 12.8 Å². The molecule has 0 saturated carbocycles. The molecule has 2 aromatic rings. The molecule has 3 rings (SSSR count). The Labute approximate surface area is 124 Å². The number of rotatable bonds is 4. The molecule has 104 valence electrons. The molecule has 0 spiro atoms. The molecular formula is C17H18ClNO. The van der Waals surface area contributed by atoms with E-state index in [1.165, 1.54) is 16.7 Å². The molecule has 0 aromatic heterocycles. The van der Waals surface area contributed by atoms with Gasteiger partial charge < -0.3 is 10.1 Å². The topological polar surface area (TPSA) is 21.3 Å². The maximum Gasteiger partial charge on any atom is 0.122 e. The molecule has 1 heterocycles. The molecule has 0 amide bonds. The molecule has 0 fully saturated rings. The lowest BCUT2D eigenvalue weighted by Gasteiger charge is -2.18. The van der Waals surface area contributed by atoms with E-state index in [-0.39, 0.29) is 6.04 Å². The van der Waals surface area contributed by atoms with Crippen molar-refractivity contribution in [3.8, 4) is 5.75 Å². The van der Waals surface area contributed by atoms with Crippen LogP contribution in [-0.4, -0.2) is 13.7 Å². The van der Waals surface area contributed by atoms with Gasteiger partial charge in [-0.1, -0.05) is 41.9 Å². The van der Waals surface area contributed by atoms with Crippen molar-refractivity contribution in [2.45, 2.75) is 18.9 Å². The average molecular weight is 288 g/mol. The van der Waals surface area contributed by atoms with Crippen LogP contribution in [0.1, 0.15) is 22.7 Å². The first-order valence-corrected chi connectivity index (χ1v) is 7.32. The van der Waals surface area contributed by atoms with Crippen molar-refractivity contribution in [3.05, 3.63) is 64.2 Å². The van der Waals surface area contributed by atoms with Crippen LogP contribution in [0.5, 0.6) is 5.75 Å². The molecular weight excluding hydrogens is 270 g/mol. The zero-order valence-electron chi connectivity index (χ0n) is 11.5.